The molecule has 0 aromatic rings. The van der Waals surface area contributed by atoms with Crippen molar-refractivity contribution in [3.8, 4) is 0 Å². The minimum atomic E-state index is -0.210. The highest BCUT2D eigenvalue weighted by molar-refractivity contribution is 5.73. The lowest BCUT2D eigenvalue weighted by Crippen LogP contribution is -2.48. The fourth-order valence-corrected chi connectivity index (χ4v) is 1.00. The zero-order valence-corrected chi connectivity index (χ0v) is 8.29. The van der Waals surface area contributed by atoms with Crippen LogP contribution in [0.15, 0.2) is 0 Å². The molecule has 0 atom stereocenters. The van der Waals surface area contributed by atoms with Crippen molar-refractivity contribution in [1.82, 2.24) is 10.3 Å². The maximum Gasteiger partial charge on any atom is 0.331 e. The number of nitrogens with two attached hydrogens (primary N) is 1. The van der Waals surface area contributed by atoms with Gasteiger partial charge < -0.3 is 4.90 Å². The maximum atomic E-state index is 11.2. The number of hydrogen-bond acceptors (Lipinski definition) is 2. The van der Waals surface area contributed by atoms with Crippen LogP contribution in [0, 0.1) is 5.92 Å². The third kappa shape index (κ3) is 3.57. The van der Waals surface area contributed by atoms with Crippen LogP contribution in [0.5, 0.6) is 0 Å². The SMILES string of the molecule is CC(C)CN(C(=O)NN)C(C)C. The third-order valence-electron chi connectivity index (χ3n) is 1.57. The van der Waals surface area contributed by atoms with Crippen molar-refractivity contribution in [2.24, 2.45) is 11.8 Å². The molecule has 2 amide bonds. The molecule has 0 unspecified atom stereocenters. The Morgan fingerprint density at radius 2 is 1.92 bits per heavy atom. The molecule has 0 saturated carbocycles. The second-order valence-corrected chi connectivity index (χ2v) is 3.59. The number of urea groups is 1. The number of hydrazine groups is 1. The van der Waals surface area contributed by atoms with E-state index in [1.54, 1.807) is 4.90 Å². The smallest absolute Gasteiger partial charge is 0.321 e. The molecule has 0 saturated heterocycles. The van der Waals surface area contributed by atoms with E-state index >= 15 is 0 Å². The summed E-state index contributed by atoms with van der Waals surface area (Å²) in [7, 11) is 0. The molecule has 0 heterocycles. The van der Waals surface area contributed by atoms with Crippen LogP contribution in [0.2, 0.25) is 0 Å². The number of amides is 2. The lowest BCUT2D eigenvalue weighted by molar-refractivity contribution is 0.175. The number of nitrogens with one attached hydrogen (secondary N) is 1. The van der Waals surface area contributed by atoms with E-state index in [1.165, 1.54) is 0 Å². The zero-order chi connectivity index (χ0) is 9.72. The van der Waals surface area contributed by atoms with Gasteiger partial charge in [-0.3, -0.25) is 5.43 Å². The molecule has 0 spiro atoms. The Hall–Kier alpha value is -0.770. The molecule has 0 radical (unpaired) electrons. The molecule has 12 heavy (non-hydrogen) atoms. The van der Waals surface area contributed by atoms with Crippen LogP contribution in [-0.2, 0) is 0 Å². The quantitative estimate of drug-likeness (QED) is 0.379. The maximum absolute atomic E-state index is 11.2. The summed E-state index contributed by atoms with van der Waals surface area (Å²) < 4.78 is 0. The third-order valence-corrected chi connectivity index (χ3v) is 1.57. The topological polar surface area (TPSA) is 58.4 Å². The average molecular weight is 173 g/mol. The summed E-state index contributed by atoms with van der Waals surface area (Å²) in [6.45, 7) is 8.81. The van der Waals surface area contributed by atoms with Crippen molar-refractivity contribution < 1.29 is 4.79 Å². The van der Waals surface area contributed by atoms with Crippen molar-refractivity contribution in [2.45, 2.75) is 33.7 Å². The van der Waals surface area contributed by atoms with Gasteiger partial charge in [0.15, 0.2) is 0 Å². The van der Waals surface area contributed by atoms with Crippen molar-refractivity contribution >= 4 is 6.03 Å². The Balaban J connectivity index is 4.13. The van der Waals surface area contributed by atoms with Gasteiger partial charge in [-0.05, 0) is 19.8 Å². The Kier molecular flexibility index (Phi) is 4.66. The number of hydrogen-bond donors (Lipinski definition) is 2. The van der Waals surface area contributed by atoms with Crippen LogP contribution in [0.4, 0.5) is 4.79 Å². The Morgan fingerprint density at radius 1 is 1.42 bits per heavy atom. The summed E-state index contributed by atoms with van der Waals surface area (Å²) in [6.07, 6.45) is 0. The summed E-state index contributed by atoms with van der Waals surface area (Å²) in [6, 6.07) is -0.0188. The Labute approximate surface area is 74.1 Å². The monoisotopic (exact) mass is 173 g/mol. The van der Waals surface area contributed by atoms with E-state index in [1.807, 2.05) is 13.8 Å². The molecule has 0 aromatic carbocycles. The van der Waals surface area contributed by atoms with Crippen LogP contribution < -0.4 is 11.3 Å². The van der Waals surface area contributed by atoms with Gasteiger partial charge in [0.05, 0.1) is 0 Å². The zero-order valence-electron chi connectivity index (χ0n) is 8.29. The van der Waals surface area contributed by atoms with Gasteiger partial charge in [0.1, 0.15) is 0 Å². The van der Waals surface area contributed by atoms with E-state index < -0.39 is 0 Å². The van der Waals surface area contributed by atoms with Gasteiger partial charge in [-0.25, -0.2) is 10.6 Å². The van der Waals surface area contributed by atoms with E-state index in [2.05, 4.69) is 19.3 Å². The highest BCUT2D eigenvalue weighted by atomic mass is 16.2. The first-order valence-electron chi connectivity index (χ1n) is 4.26. The summed E-state index contributed by atoms with van der Waals surface area (Å²) in [5.74, 6) is 5.51. The molecular formula is C8H19N3O. The van der Waals surface area contributed by atoms with Crippen LogP contribution >= 0.6 is 0 Å². The van der Waals surface area contributed by atoms with E-state index in [-0.39, 0.29) is 12.1 Å². The molecule has 4 heteroatoms. The van der Waals surface area contributed by atoms with Crippen molar-refractivity contribution in [2.75, 3.05) is 6.54 Å². The molecule has 3 N–H and O–H groups in total. The van der Waals surface area contributed by atoms with Crippen molar-refractivity contribution in [3.05, 3.63) is 0 Å². The van der Waals surface area contributed by atoms with E-state index in [0.29, 0.717) is 5.92 Å². The molecule has 0 aliphatic carbocycles. The van der Waals surface area contributed by atoms with Gasteiger partial charge in [-0.15, -0.1) is 0 Å². The molecular weight excluding hydrogens is 154 g/mol. The summed E-state index contributed by atoms with van der Waals surface area (Å²) >= 11 is 0. The minimum absolute atomic E-state index is 0.191. The van der Waals surface area contributed by atoms with Crippen molar-refractivity contribution in [3.63, 3.8) is 0 Å². The van der Waals surface area contributed by atoms with Crippen LogP contribution in [0.1, 0.15) is 27.7 Å². The molecule has 0 bridgehead atoms. The highest BCUT2D eigenvalue weighted by Crippen LogP contribution is 2.03. The summed E-state index contributed by atoms with van der Waals surface area (Å²) in [5, 5.41) is 0. The van der Waals surface area contributed by atoms with Gasteiger partial charge in [0.25, 0.3) is 0 Å². The molecule has 0 fully saturated rings. The second-order valence-electron chi connectivity index (χ2n) is 3.59. The van der Waals surface area contributed by atoms with Crippen LogP contribution in [0.25, 0.3) is 0 Å². The second kappa shape index (κ2) is 4.98. The molecule has 0 aliphatic rings. The van der Waals surface area contributed by atoms with Gasteiger partial charge in [-0.1, -0.05) is 13.8 Å². The standard InChI is InChI=1S/C8H19N3O/c1-6(2)5-11(7(3)4)8(12)10-9/h6-7H,5,9H2,1-4H3,(H,10,12). The lowest BCUT2D eigenvalue weighted by atomic mass is 10.2. The molecule has 0 aromatic heterocycles. The van der Waals surface area contributed by atoms with E-state index in [0.717, 1.165) is 6.54 Å². The number of nitrogens with zero attached hydrogens (tertiary/aromatic N) is 1. The van der Waals surface area contributed by atoms with Crippen LogP contribution in [0.3, 0.4) is 0 Å². The molecule has 4 nitrogen and oxygen atoms in total. The van der Waals surface area contributed by atoms with Gasteiger partial charge in [0, 0.05) is 12.6 Å². The van der Waals surface area contributed by atoms with Crippen LogP contribution in [-0.4, -0.2) is 23.5 Å². The first-order chi connectivity index (χ1) is 5.49. The minimum Gasteiger partial charge on any atom is -0.321 e. The fraction of sp³-hybridized carbons (Fsp3) is 0.875. The largest absolute Gasteiger partial charge is 0.331 e. The van der Waals surface area contributed by atoms with E-state index in [4.69, 9.17) is 5.84 Å². The molecule has 0 aliphatic heterocycles. The Bertz CT molecular complexity index is 145. The highest BCUT2D eigenvalue weighted by Gasteiger charge is 2.16. The molecule has 0 rings (SSSR count). The fourth-order valence-electron chi connectivity index (χ4n) is 1.00. The van der Waals surface area contributed by atoms with Gasteiger partial charge in [-0.2, -0.15) is 0 Å². The number of carbonyl (C=O) groups excluding carboxylic acids is 1. The summed E-state index contributed by atoms with van der Waals surface area (Å²) in [5.41, 5.74) is 2.14. The van der Waals surface area contributed by atoms with E-state index in [9.17, 15) is 4.79 Å². The Morgan fingerprint density at radius 3 is 2.17 bits per heavy atom. The van der Waals surface area contributed by atoms with Gasteiger partial charge >= 0.3 is 6.03 Å². The normalized spacial score (nSPS) is 10.6. The number of carbonyl (C=O) groups is 1. The first-order valence-corrected chi connectivity index (χ1v) is 4.26. The number of rotatable bonds is 3. The summed E-state index contributed by atoms with van der Waals surface area (Å²) in [4.78, 5) is 12.9. The predicted molar refractivity (Wildman–Crippen MR) is 49.4 cm³/mol. The average Bonchev–Trinajstić information content (AvgIpc) is 1.98. The lowest BCUT2D eigenvalue weighted by Gasteiger charge is -2.27. The van der Waals surface area contributed by atoms with Crippen molar-refractivity contribution in [1.29, 1.82) is 0 Å². The molecule has 72 valence electrons. The first kappa shape index (κ1) is 11.2. The predicted octanol–water partition coefficient (Wildman–Crippen LogP) is 0.936. The van der Waals surface area contributed by atoms with Gasteiger partial charge in [0.2, 0.25) is 0 Å².